The molecule has 2 aromatic heterocycles. The summed E-state index contributed by atoms with van der Waals surface area (Å²) in [7, 11) is 1.72. The lowest BCUT2D eigenvalue weighted by molar-refractivity contribution is -0.132. The van der Waals surface area contributed by atoms with Crippen molar-refractivity contribution >= 4 is 39.9 Å². The van der Waals surface area contributed by atoms with Crippen LogP contribution in [0.2, 0.25) is 4.34 Å². The molecule has 0 saturated carbocycles. The van der Waals surface area contributed by atoms with Crippen molar-refractivity contribution in [1.82, 2.24) is 20.0 Å². The normalized spacial score (nSPS) is 15.2. The number of aryl methyl sites for hydroxylation is 1. The summed E-state index contributed by atoms with van der Waals surface area (Å²) in [4.78, 5) is 35.2. The van der Waals surface area contributed by atoms with Gasteiger partial charge in [-0.1, -0.05) is 28.1 Å². The van der Waals surface area contributed by atoms with Crippen molar-refractivity contribution in [3.05, 3.63) is 64.4 Å². The molecule has 0 aliphatic carbocycles. The van der Waals surface area contributed by atoms with Crippen LogP contribution in [0.5, 0.6) is 17.2 Å². The third-order valence-corrected chi connectivity index (χ3v) is 6.39. The summed E-state index contributed by atoms with van der Waals surface area (Å²) in [6.07, 6.45) is 1.38. The molecule has 1 aliphatic rings. The van der Waals surface area contributed by atoms with E-state index in [9.17, 15) is 9.59 Å². The molecule has 0 spiro atoms. The summed E-state index contributed by atoms with van der Waals surface area (Å²) in [6.45, 7) is 2.34. The lowest BCUT2D eigenvalue weighted by Crippen LogP contribution is -2.29. The number of nitrogens with zero attached hydrogens (tertiary/aromatic N) is 4. The number of benzene rings is 2. The first kappa shape index (κ1) is 23.8. The molecule has 3 heterocycles. The molecule has 1 unspecified atom stereocenters. The van der Waals surface area contributed by atoms with E-state index < -0.39 is 12.0 Å². The largest absolute Gasteiger partial charge is 0.480 e. The Morgan fingerprint density at radius 1 is 1.19 bits per heavy atom. The Labute approximate surface area is 214 Å². The zero-order chi connectivity index (χ0) is 25.2. The Morgan fingerprint density at radius 2 is 1.97 bits per heavy atom. The second kappa shape index (κ2) is 9.96. The molecule has 10 nitrogen and oxygen atoms in total. The maximum Gasteiger partial charge on any atom is 0.263 e. The van der Waals surface area contributed by atoms with Gasteiger partial charge in [-0.2, -0.15) is 4.98 Å². The number of ether oxygens (including phenoxy) is 2. The van der Waals surface area contributed by atoms with E-state index in [2.05, 4.69) is 20.4 Å². The first-order valence-electron chi connectivity index (χ1n) is 10.9. The first-order valence-corrected chi connectivity index (χ1v) is 12.1. The maximum atomic E-state index is 12.9. The molecule has 0 bridgehead atoms. The van der Waals surface area contributed by atoms with Crippen LogP contribution in [0.1, 0.15) is 22.6 Å². The lowest BCUT2D eigenvalue weighted by atomic mass is 10.1. The minimum atomic E-state index is -0.629. The fraction of sp³-hybridized carbons (Fsp3) is 0.208. The zero-order valence-electron chi connectivity index (χ0n) is 19.2. The topological polar surface area (TPSA) is 120 Å². The number of likely N-dealkylation sites (N-methyl/N-ethyl adjacent to an activating group) is 1. The fourth-order valence-corrected chi connectivity index (χ4v) is 4.40. The van der Waals surface area contributed by atoms with Crippen molar-refractivity contribution in [2.75, 3.05) is 18.9 Å². The Morgan fingerprint density at radius 3 is 2.61 bits per heavy atom. The van der Waals surface area contributed by atoms with Crippen LogP contribution in [0.3, 0.4) is 0 Å². The van der Waals surface area contributed by atoms with Gasteiger partial charge in [-0.25, -0.2) is 4.98 Å². The van der Waals surface area contributed by atoms with Gasteiger partial charge in [-0.15, -0.1) is 0 Å². The number of hydrogen-bond acceptors (Lipinski definition) is 9. The first-order chi connectivity index (χ1) is 17.3. The molecule has 2 amide bonds. The third-order valence-electron chi connectivity index (χ3n) is 5.36. The molecule has 1 aliphatic heterocycles. The van der Waals surface area contributed by atoms with Crippen LogP contribution in [0.4, 0.5) is 5.13 Å². The number of amides is 2. The average molecular weight is 526 g/mol. The number of halogens is 1. The average Bonchev–Trinajstić information content (AvgIpc) is 3.56. The number of anilines is 1. The maximum absolute atomic E-state index is 12.9. The van der Waals surface area contributed by atoms with Gasteiger partial charge < -0.3 is 18.9 Å². The van der Waals surface area contributed by atoms with Gasteiger partial charge in [-0.05, 0) is 43.3 Å². The van der Waals surface area contributed by atoms with Crippen molar-refractivity contribution < 1.29 is 23.6 Å². The van der Waals surface area contributed by atoms with Crippen LogP contribution in [0.15, 0.2) is 53.2 Å². The van der Waals surface area contributed by atoms with Crippen LogP contribution >= 0.6 is 22.9 Å². The van der Waals surface area contributed by atoms with Gasteiger partial charge in [0.15, 0.2) is 17.1 Å². The summed E-state index contributed by atoms with van der Waals surface area (Å²) >= 11 is 7.06. The molecule has 12 heteroatoms. The Balaban J connectivity index is 1.40. The standard InChI is InChI=1S/C24H20ClN5O5S/c1-13-27-22(35-29-13)14-3-5-16(6-4-14)33-17-9-15(21(31)28-24-26-12-20(25)36-24)10-18(11-17)34-19-7-8-30(2)23(19)32/h3-6,9-12,19H,7-8H2,1-2H3,(H,26,28,31). The van der Waals surface area contributed by atoms with Crippen molar-refractivity contribution in [3.63, 3.8) is 0 Å². The highest BCUT2D eigenvalue weighted by molar-refractivity contribution is 7.19. The van der Waals surface area contributed by atoms with E-state index in [1.807, 2.05) is 0 Å². The van der Waals surface area contributed by atoms with Gasteiger partial charge >= 0.3 is 0 Å². The highest BCUT2D eigenvalue weighted by Crippen LogP contribution is 2.31. The van der Waals surface area contributed by atoms with Crippen LogP contribution in [-0.4, -0.2) is 51.5 Å². The number of hydrogen-bond donors (Lipinski definition) is 1. The molecule has 2 aromatic carbocycles. The monoisotopic (exact) mass is 525 g/mol. The lowest BCUT2D eigenvalue weighted by Gasteiger charge is -2.15. The van der Waals surface area contributed by atoms with Gasteiger partial charge in [0.1, 0.15) is 21.6 Å². The zero-order valence-corrected chi connectivity index (χ0v) is 20.8. The summed E-state index contributed by atoms with van der Waals surface area (Å²) in [5, 5.41) is 6.86. The third kappa shape index (κ3) is 5.31. The molecule has 0 radical (unpaired) electrons. The molecule has 1 atom stereocenters. The molecule has 36 heavy (non-hydrogen) atoms. The van der Waals surface area contributed by atoms with Gasteiger partial charge in [0, 0.05) is 37.2 Å². The Bertz CT molecular complexity index is 1420. The number of carbonyl (C=O) groups excluding carboxylic acids is 2. The molecule has 1 fully saturated rings. The van der Waals surface area contributed by atoms with Crippen molar-refractivity contribution in [3.8, 4) is 28.7 Å². The minimum absolute atomic E-state index is 0.114. The molecule has 1 N–H and O–H groups in total. The van der Waals surface area contributed by atoms with Gasteiger partial charge in [0.25, 0.3) is 17.7 Å². The van der Waals surface area contributed by atoms with Crippen LogP contribution < -0.4 is 14.8 Å². The summed E-state index contributed by atoms with van der Waals surface area (Å²) in [5.74, 6) is 1.62. The quantitative estimate of drug-likeness (QED) is 0.365. The molecular weight excluding hydrogens is 506 g/mol. The smallest absolute Gasteiger partial charge is 0.263 e. The number of carbonyl (C=O) groups is 2. The number of likely N-dealkylation sites (tertiary alicyclic amines) is 1. The number of thiazole rings is 1. The number of nitrogens with one attached hydrogen (secondary N) is 1. The van der Waals surface area contributed by atoms with Crippen LogP contribution in [0, 0.1) is 6.92 Å². The van der Waals surface area contributed by atoms with E-state index >= 15 is 0 Å². The fourth-order valence-electron chi connectivity index (χ4n) is 3.59. The molecular formula is C24H20ClN5O5S. The van der Waals surface area contributed by atoms with E-state index in [0.29, 0.717) is 51.4 Å². The number of rotatable bonds is 7. The molecule has 4 aromatic rings. The van der Waals surface area contributed by atoms with E-state index in [1.165, 1.54) is 6.20 Å². The summed E-state index contributed by atoms with van der Waals surface area (Å²) < 4.78 is 17.6. The van der Waals surface area contributed by atoms with E-state index in [-0.39, 0.29) is 11.5 Å². The van der Waals surface area contributed by atoms with Gasteiger partial charge in [0.05, 0.1) is 6.20 Å². The van der Waals surface area contributed by atoms with Crippen LogP contribution in [-0.2, 0) is 4.79 Å². The second-order valence-electron chi connectivity index (χ2n) is 8.04. The number of aromatic nitrogens is 3. The molecule has 184 valence electrons. The van der Waals surface area contributed by atoms with Crippen molar-refractivity contribution in [2.24, 2.45) is 0 Å². The second-order valence-corrected chi connectivity index (χ2v) is 9.71. The van der Waals surface area contributed by atoms with Gasteiger partial charge in [0.2, 0.25) is 0 Å². The molecule has 1 saturated heterocycles. The van der Waals surface area contributed by atoms with Crippen molar-refractivity contribution in [2.45, 2.75) is 19.4 Å². The Kier molecular flexibility index (Phi) is 6.57. The predicted molar refractivity (Wildman–Crippen MR) is 133 cm³/mol. The highest BCUT2D eigenvalue weighted by Gasteiger charge is 2.31. The van der Waals surface area contributed by atoms with E-state index in [4.69, 9.17) is 25.6 Å². The van der Waals surface area contributed by atoms with E-state index in [0.717, 1.165) is 16.9 Å². The Hall–Kier alpha value is -3.96. The summed E-state index contributed by atoms with van der Waals surface area (Å²) in [5.41, 5.74) is 1.01. The molecule has 5 rings (SSSR count). The predicted octanol–water partition coefficient (Wildman–Crippen LogP) is 4.81. The minimum Gasteiger partial charge on any atom is -0.480 e. The van der Waals surface area contributed by atoms with Crippen LogP contribution in [0.25, 0.3) is 11.5 Å². The highest BCUT2D eigenvalue weighted by atomic mass is 35.5. The summed E-state index contributed by atoms with van der Waals surface area (Å²) in [6, 6.07) is 11.8. The van der Waals surface area contributed by atoms with Crippen molar-refractivity contribution in [1.29, 1.82) is 0 Å². The van der Waals surface area contributed by atoms with Gasteiger partial charge in [-0.3, -0.25) is 14.9 Å². The van der Waals surface area contributed by atoms with E-state index in [1.54, 1.807) is 61.3 Å². The SMILES string of the molecule is Cc1noc(-c2ccc(Oc3cc(OC4CCN(C)C4=O)cc(C(=O)Nc4ncc(Cl)s4)c3)cc2)n1.